The molecule has 1 aromatic heterocycles. The van der Waals surface area contributed by atoms with Crippen LogP contribution in [0.2, 0.25) is 0 Å². The maximum absolute atomic E-state index is 11.1. The third kappa shape index (κ3) is 7.98. The molecular weight excluding hydrogens is 460 g/mol. The molecule has 0 saturated carbocycles. The fourth-order valence-electron chi connectivity index (χ4n) is 3.76. The number of nitrogens with zero attached hydrogens (tertiary/aromatic N) is 4. The third-order valence-electron chi connectivity index (χ3n) is 5.57. The van der Waals surface area contributed by atoms with Crippen molar-refractivity contribution < 1.29 is 9.63 Å². The van der Waals surface area contributed by atoms with Crippen molar-refractivity contribution in [3.63, 3.8) is 0 Å². The van der Waals surface area contributed by atoms with Crippen LogP contribution in [0, 0.1) is 5.92 Å². The SMILES string of the molecule is CCCN(C)OCC.NCC1CN(Sc2cccc(-c3cnc4c(c3)N=C(N)CC(C=O)=C4)c2)C1. The van der Waals surface area contributed by atoms with Crippen molar-refractivity contribution in [2.45, 2.75) is 31.6 Å². The summed E-state index contributed by atoms with van der Waals surface area (Å²) >= 11 is 1.76. The number of fused-ring (bicyclic) bond motifs is 1. The van der Waals surface area contributed by atoms with Crippen LogP contribution in [-0.2, 0) is 9.63 Å². The highest BCUT2D eigenvalue weighted by Gasteiger charge is 2.26. The average Bonchev–Trinajstić information content (AvgIpc) is 2.99. The average molecular weight is 497 g/mol. The number of aldehydes is 1. The number of aliphatic imine (C=N–C) groups is 1. The Morgan fingerprint density at radius 2 is 2.06 bits per heavy atom. The van der Waals surface area contributed by atoms with Crippen molar-refractivity contribution in [3.05, 3.63) is 47.8 Å². The summed E-state index contributed by atoms with van der Waals surface area (Å²) in [5.41, 5.74) is 15.6. The summed E-state index contributed by atoms with van der Waals surface area (Å²) in [6.07, 6.45) is 5.86. The molecule has 4 N–H and O–H groups in total. The highest BCUT2D eigenvalue weighted by Crippen LogP contribution is 2.34. The van der Waals surface area contributed by atoms with Crippen molar-refractivity contribution in [3.8, 4) is 11.1 Å². The molecule has 0 atom stereocenters. The highest BCUT2D eigenvalue weighted by molar-refractivity contribution is 7.97. The number of hydrogen-bond acceptors (Lipinski definition) is 9. The first-order chi connectivity index (χ1) is 16.9. The molecule has 2 aliphatic heterocycles. The smallest absolute Gasteiger partial charge is 0.146 e. The van der Waals surface area contributed by atoms with Crippen molar-refractivity contribution in [1.82, 2.24) is 14.4 Å². The Labute approximate surface area is 212 Å². The van der Waals surface area contributed by atoms with Crippen molar-refractivity contribution >= 4 is 35.8 Å². The molecule has 1 aromatic carbocycles. The lowest BCUT2D eigenvalue weighted by molar-refractivity contribution is -0.134. The van der Waals surface area contributed by atoms with E-state index in [4.69, 9.17) is 16.3 Å². The number of hydroxylamine groups is 2. The molecule has 3 heterocycles. The lowest BCUT2D eigenvalue weighted by atomic mass is 10.0. The maximum atomic E-state index is 11.1. The molecule has 9 heteroatoms. The molecular formula is C26H36N6O2S. The van der Waals surface area contributed by atoms with E-state index in [1.807, 2.05) is 37.4 Å². The van der Waals surface area contributed by atoms with Crippen LogP contribution >= 0.6 is 11.9 Å². The molecule has 0 radical (unpaired) electrons. The van der Waals surface area contributed by atoms with Gasteiger partial charge in [-0.2, -0.15) is 5.06 Å². The van der Waals surface area contributed by atoms with E-state index < -0.39 is 0 Å². The second-order valence-electron chi connectivity index (χ2n) is 8.58. The molecule has 0 amide bonds. The first-order valence-corrected chi connectivity index (χ1v) is 12.8. The van der Waals surface area contributed by atoms with Gasteiger partial charge < -0.3 is 11.5 Å². The molecule has 8 nitrogen and oxygen atoms in total. The second kappa shape index (κ2) is 13.5. The number of rotatable bonds is 9. The Bertz CT molecular complexity index is 1050. The zero-order valence-corrected chi connectivity index (χ0v) is 21.6. The predicted octanol–water partition coefficient (Wildman–Crippen LogP) is 3.90. The molecule has 0 spiro atoms. The fraction of sp³-hybridized carbons (Fsp3) is 0.423. The van der Waals surface area contributed by atoms with Crippen molar-refractivity contribution in [2.24, 2.45) is 22.4 Å². The van der Waals surface area contributed by atoms with Gasteiger partial charge in [0.25, 0.3) is 0 Å². The lowest BCUT2D eigenvalue weighted by Gasteiger charge is -2.37. The van der Waals surface area contributed by atoms with Crippen LogP contribution in [0.25, 0.3) is 17.2 Å². The number of carbonyl (C=O) groups excluding carboxylic acids is 1. The molecule has 188 valence electrons. The van der Waals surface area contributed by atoms with Gasteiger partial charge in [-0.1, -0.05) is 19.1 Å². The second-order valence-corrected chi connectivity index (χ2v) is 9.75. The third-order valence-corrected chi connectivity index (χ3v) is 6.59. The molecule has 1 fully saturated rings. The van der Waals surface area contributed by atoms with E-state index in [1.54, 1.807) is 18.0 Å². The number of carbonyl (C=O) groups is 1. The van der Waals surface area contributed by atoms with Crippen LogP contribution in [0.4, 0.5) is 5.69 Å². The van der Waals surface area contributed by atoms with Crippen LogP contribution in [0.1, 0.15) is 32.4 Å². The lowest BCUT2D eigenvalue weighted by Crippen LogP contribution is -2.45. The minimum absolute atomic E-state index is 0.348. The number of amidine groups is 1. The molecule has 0 aliphatic carbocycles. The summed E-state index contributed by atoms with van der Waals surface area (Å²) in [6.45, 7) is 8.74. The zero-order valence-electron chi connectivity index (χ0n) is 20.8. The van der Waals surface area contributed by atoms with Gasteiger partial charge in [0, 0.05) is 55.3 Å². The van der Waals surface area contributed by atoms with E-state index in [1.165, 1.54) is 4.90 Å². The monoisotopic (exact) mass is 496 g/mol. The van der Waals surface area contributed by atoms with E-state index in [9.17, 15) is 4.79 Å². The van der Waals surface area contributed by atoms with E-state index in [0.29, 0.717) is 35.1 Å². The van der Waals surface area contributed by atoms with Gasteiger partial charge in [0.2, 0.25) is 0 Å². The van der Waals surface area contributed by atoms with Gasteiger partial charge in [-0.25, -0.2) is 9.30 Å². The predicted molar refractivity (Wildman–Crippen MR) is 144 cm³/mol. The number of hydrogen-bond donors (Lipinski definition) is 2. The Hall–Kier alpha value is -2.56. The summed E-state index contributed by atoms with van der Waals surface area (Å²) in [4.78, 5) is 26.4. The first kappa shape index (κ1) is 27.0. The maximum Gasteiger partial charge on any atom is 0.146 e. The van der Waals surface area contributed by atoms with Crippen LogP contribution in [-0.4, -0.2) is 66.3 Å². The molecule has 2 aromatic rings. The van der Waals surface area contributed by atoms with Gasteiger partial charge in [0.1, 0.15) is 12.1 Å². The standard InChI is InChI=1S/C20H21N5OS.C6H15NO/c21-8-14-10-25(11-14)27-17-3-1-2-15(6-17)16-7-19-18(23-9-16)4-13(12-26)5-20(22)24-19;1-4-6-7(3)8-5-2/h1-4,6-7,9,12,14H,5,8,10-11,21H2,(H2,22,24);4-6H2,1-3H3. The zero-order chi connectivity index (χ0) is 25.2. The Balaban J connectivity index is 0.000000371. The molecule has 0 bridgehead atoms. The van der Waals surface area contributed by atoms with Crippen LogP contribution in [0.15, 0.2) is 52.0 Å². The Kier molecular flexibility index (Phi) is 10.4. The van der Waals surface area contributed by atoms with E-state index in [-0.39, 0.29) is 0 Å². The minimum Gasteiger partial charge on any atom is -0.387 e. The summed E-state index contributed by atoms with van der Waals surface area (Å²) in [5.74, 6) is 1.03. The Morgan fingerprint density at radius 3 is 2.74 bits per heavy atom. The van der Waals surface area contributed by atoms with Crippen LogP contribution < -0.4 is 11.5 Å². The molecule has 35 heavy (non-hydrogen) atoms. The molecule has 4 rings (SSSR count). The summed E-state index contributed by atoms with van der Waals surface area (Å²) < 4.78 is 2.32. The summed E-state index contributed by atoms with van der Waals surface area (Å²) in [5, 5.41) is 1.86. The number of pyridine rings is 1. The fourth-order valence-corrected chi connectivity index (χ4v) is 4.94. The van der Waals surface area contributed by atoms with Crippen LogP contribution in [0.3, 0.4) is 0 Å². The summed E-state index contributed by atoms with van der Waals surface area (Å²) in [6, 6.07) is 10.3. The number of benzene rings is 1. The topological polar surface area (TPSA) is 110 Å². The normalized spacial score (nSPS) is 15.8. The van der Waals surface area contributed by atoms with Crippen LogP contribution in [0.5, 0.6) is 0 Å². The van der Waals surface area contributed by atoms with Gasteiger partial charge in [0.05, 0.1) is 18.0 Å². The van der Waals surface area contributed by atoms with E-state index in [2.05, 4.69) is 39.4 Å². The molecule has 0 unspecified atom stereocenters. The molecule has 2 aliphatic rings. The van der Waals surface area contributed by atoms with Gasteiger partial charge in [-0.05, 0) is 67.6 Å². The van der Waals surface area contributed by atoms with E-state index in [0.717, 1.165) is 56.6 Å². The van der Waals surface area contributed by atoms with Gasteiger partial charge >= 0.3 is 0 Å². The van der Waals surface area contributed by atoms with Gasteiger partial charge in [0.15, 0.2) is 0 Å². The minimum atomic E-state index is 0.348. The number of aromatic nitrogens is 1. The quantitative estimate of drug-likeness (QED) is 0.306. The molecule has 1 saturated heterocycles. The van der Waals surface area contributed by atoms with E-state index >= 15 is 0 Å². The van der Waals surface area contributed by atoms with Crippen molar-refractivity contribution in [1.29, 1.82) is 0 Å². The van der Waals surface area contributed by atoms with Gasteiger partial charge in [-0.3, -0.25) is 14.6 Å². The first-order valence-electron chi connectivity index (χ1n) is 12.0. The number of nitrogens with two attached hydrogens (primary N) is 2. The largest absolute Gasteiger partial charge is 0.387 e. The van der Waals surface area contributed by atoms with Gasteiger partial charge in [-0.15, -0.1) is 0 Å². The Morgan fingerprint density at radius 1 is 1.26 bits per heavy atom. The van der Waals surface area contributed by atoms with Crippen molar-refractivity contribution in [2.75, 3.05) is 39.8 Å². The summed E-state index contributed by atoms with van der Waals surface area (Å²) in [7, 11) is 1.95. The highest BCUT2D eigenvalue weighted by atomic mass is 32.2.